The number of likely N-dealkylation sites (tertiary alicyclic amines) is 1. The molecule has 1 saturated heterocycles. The minimum absolute atomic E-state index is 0.00990. The van der Waals surface area contributed by atoms with Crippen LogP contribution in [0.15, 0.2) is 53.9 Å². The predicted octanol–water partition coefficient (Wildman–Crippen LogP) is 5.57. The van der Waals surface area contributed by atoms with Gasteiger partial charge in [-0.3, -0.25) is 10.1 Å². The molecule has 4 rings (SSSR count). The lowest BCUT2D eigenvalue weighted by atomic mass is 9.89. The van der Waals surface area contributed by atoms with Gasteiger partial charge >= 0.3 is 6.09 Å². The number of hydrogen-bond donors (Lipinski definition) is 1. The maximum atomic E-state index is 13.0. The highest BCUT2D eigenvalue weighted by molar-refractivity contribution is 7.17. The normalized spacial score (nSPS) is 15.1. The third-order valence-electron chi connectivity index (χ3n) is 5.64. The molecule has 1 N–H and O–H groups in total. The van der Waals surface area contributed by atoms with Crippen molar-refractivity contribution in [1.29, 1.82) is 0 Å². The fraction of sp³-hybridized carbons (Fsp3) is 0.333. The number of thiophene rings is 1. The standard InChI is InChI=1S/C24H25FN2O3S/c25-20-4-2-17(3-5-20)23(28)18-8-12-27(13-9-18)11-1-14-30-24(29)26-21-6-7-22-19(16-21)10-15-31-22/h2-7,10,15-16,18H,1,8-9,11-14H2,(H,26,29). The maximum absolute atomic E-state index is 13.0. The molecular weight excluding hydrogens is 415 g/mol. The highest BCUT2D eigenvalue weighted by Gasteiger charge is 2.25. The smallest absolute Gasteiger partial charge is 0.411 e. The number of benzene rings is 2. The van der Waals surface area contributed by atoms with Crippen LogP contribution < -0.4 is 5.32 Å². The summed E-state index contributed by atoms with van der Waals surface area (Å²) in [4.78, 5) is 26.9. The van der Waals surface area contributed by atoms with Gasteiger partial charge in [-0.2, -0.15) is 0 Å². The molecule has 2 heterocycles. The quantitative estimate of drug-likeness (QED) is 0.385. The number of fused-ring (bicyclic) bond motifs is 1. The van der Waals surface area contributed by atoms with E-state index in [9.17, 15) is 14.0 Å². The number of rotatable bonds is 7. The predicted molar refractivity (Wildman–Crippen MR) is 121 cm³/mol. The molecule has 2 aromatic carbocycles. The number of halogens is 1. The van der Waals surface area contributed by atoms with Crippen LogP contribution in [0.5, 0.6) is 0 Å². The van der Waals surface area contributed by atoms with Crippen LogP contribution in [-0.4, -0.2) is 43.0 Å². The number of ketones is 1. The highest BCUT2D eigenvalue weighted by atomic mass is 32.1. The Labute approximate surface area is 184 Å². The van der Waals surface area contributed by atoms with E-state index in [2.05, 4.69) is 10.2 Å². The van der Waals surface area contributed by atoms with Gasteiger partial charge in [0, 0.05) is 28.4 Å². The fourth-order valence-corrected chi connectivity index (χ4v) is 4.69. The Hall–Kier alpha value is -2.77. The lowest BCUT2D eigenvalue weighted by Gasteiger charge is -2.31. The third kappa shape index (κ3) is 5.68. The van der Waals surface area contributed by atoms with Crippen molar-refractivity contribution < 1.29 is 18.7 Å². The number of carbonyl (C=O) groups excluding carboxylic acids is 2. The Morgan fingerprint density at radius 1 is 1.10 bits per heavy atom. The van der Waals surface area contributed by atoms with Crippen LogP contribution in [0.2, 0.25) is 0 Å². The molecule has 0 saturated carbocycles. The second kappa shape index (κ2) is 10.0. The monoisotopic (exact) mass is 440 g/mol. The Balaban J connectivity index is 1.13. The van der Waals surface area contributed by atoms with Gasteiger partial charge in [0.15, 0.2) is 5.78 Å². The van der Waals surface area contributed by atoms with Gasteiger partial charge in [-0.1, -0.05) is 0 Å². The number of hydrogen-bond acceptors (Lipinski definition) is 5. The summed E-state index contributed by atoms with van der Waals surface area (Å²) in [6.45, 7) is 2.85. The summed E-state index contributed by atoms with van der Waals surface area (Å²) in [6.07, 6.45) is 1.89. The van der Waals surface area contributed by atoms with Gasteiger partial charge in [-0.25, -0.2) is 9.18 Å². The van der Waals surface area contributed by atoms with E-state index in [0.29, 0.717) is 12.2 Å². The van der Waals surface area contributed by atoms with Crippen molar-refractivity contribution in [2.24, 2.45) is 5.92 Å². The second-order valence-electron chi connectivity index (χ2n) is 7.77. The van der Waals surface area contributed by atoms with E-state index in [4.69, 9.17) is 4.74 Å². The van der Waals surface area contributed by atoms with E-state index in [0.717, 1.165) is 50.0 Å². The zero-order valence-electron chi connectivity index (χ0n) is 17.2. The van der Waals surface area contributed by atoms with Crippen LogP contribution in [0, 0.1) is 11.7 Å². The zero-order valence-corrected chi connectivity index (χ0v) is 18.0. The van der Waals surface area contributed by atoms with Gasteiger partial charge in [-0.05, 0) is 91.6 Å². The Morgan fingerprint density at radius 2 is 1.87 bits per heavy atom. The molecule has 0 bridgehead atoms. The second-order valence-corrected chi connectivity index (χ2v) is 8.72. The maximum Gasteiger partial charge on any atom is 0.411 e. The number of ether oxygens (including phenoxy) is 1. The number of Topliss-reactive ketones (excluding diaryl/α,β-unsaturated/α-hetero) is 1. The van der Waals surface area contributed by atoms with Gasteiger partial charge in [0.25, 0.3) is 0 Å². The van der Waals surface area contributed by atoms with Gasteiger partial charge in [0.2, 0.25) is 0 Å². The van der Waals surface area contributed by atoms with Crippen LogP contribution in [0.1, 0.15) is 29.6 Å². The van der Waals surface area contributed by atoms with Crippen molar-refractivity contribution in [1.82, 2.24) is 4.90 Å². The van der Waals surface area contributed by atoms with Crippen LogP contribution >= 0.6 is 11.3 Å². The van der Waals surface area contributed by atoms with Crippen molar-refractivity contribution in [2.75, 3.05) is 31.6 Å². The number of carbonyl (C=O) groups is 2. The highest BCUT2D eigenvalue weighted by Crippen LogP contribution is 2.24. The first-order chi connectivity index (χ1) is 15.1. The van der Waals surface area contributed by atoms with Crippen LogP contribution in [-0.2, 0) is 4.74 Å². The molecule has 7 heteroatoms. The summed E-state index contributed by atoms with van der Waals surface area (Å²) in [7, 11) is 0. The minimum atomic E-state index is -0.446. The van der Waals surface area contributed by atoms with Crippen LogP contribution in [0.4, 0.5) is 14.9 Å². The molecule has 1 aliphatic rings. The molecule has 1 amide bonds. The lowest BCUT2D eigenvalue weighted by Crippen LogP contribution is -2.37. The van der Waals surface area contributed by atoms with Gasteiger partial charge < -0.3 is 9.64 Å². The summed E-state index contributed by atoms with van der Waals surface area (Å²) in [5, 5.41) is 5.89. The van der Waals surface area contributed by atoms with E-state index in [1.165, 1.54) is 16.8 Å². The molecule has 0 spiro atoms. The molecule has 162 valence electrons. The number of amides is 1. The van der Waals surface area contributed by atoms with Gasteiger partial charge in [-0.15, -0.1) is 11.3 Å². The molecule has 3 aromatic rings. The number of piperidine rings is 1. The Morgan fingerprint density at radius 3 is 2.65 bits per heavy atom. The number of nitrogens with zero attached hydrogens (tertiary/aromatic N) is 1. The topological polar surface area (TPSA) is 58.6 Å². The molecule has 0 aliphatic carbocycles. The summed E-state index contributed by atoms with van der Waals surface area (Å²) < 4.78 is 19.5. The summed E-state index contributed by atoms with van der Waals surface area (Å²) in [5.41, 5.74) is 1.31. The van der Waals surface area contributed by atoms with E-state index < -0.39 is 6.09 Å². The summed E-state index contributed by atoms with van der Waals surface area (Å²) >= 11 is 1.67. The van der Waals surface area contributed by atoms with Gasteiger partial charge in [0.05, 0.1) is 6.61 Å². The third-order valence-corrected chi connectivity index (χ3v) is 6.54. The molecule has 1 fully saturated rings. The van der Waals surface area contributed by atoms with Crippen molar-refractivity contribution >= 4 is 39.0 Å². The fourth-order valence-electron chi connectivity index (χ4n) is 3.92. The van der Waals surface area contributed by atoms with Crippen molar-refractivity contribution in [2.45, 2.75) is 19.3 Å². The van der Waals surface area contributed by atoms with Crippen molar-refractivity contribution in [3.8, 4) is 0 Å². The van der Waals surface area contributed by atoms with E-state index >= 15 is 0 Å². The Kier molecular flexibility index (Phi) is 6.94. The first kappa shape index (κ1) is 21.5. The lowest BCUT2D eigenvalue weighted by molar-refractivity contribution is 0.0830. The van der Waals surface area contributed by atoms with Crippen molar-refractivity contribution in [3.63, 3.8) is 0 Å². The molecule has 0 radical (unpaired) electrons. The minimum Gasteiger partial charge on any atom is -0.449 e. The molecule has 31 heavy (non-hydrogen) atoms. The van der Waals surface area contributed by atoms with Crippen LogP contribution in [0.3, 0.4) is 0 Å². The van der Waals surface area contributed by atoms with E-state index in [-0.39, 0.29) is 17.5 Å². The molecule has 0 atom stereocenters. The largest absolute Gasteiger partial charge is 0.449 e. The number of anilines is 1. The van der Waals surface area contributed by atoms with Crippen LogP contribution in [0.25, 0.3) is 10.1 Å². The zero-order chi connectivity index (χ0) is 21.6. The average Bonchev–Trinajstić information content (AvgIpc) is 3.25. The Bertz CT molecular complexity index is 1040. The molecule has 1 aromatic heterocycles. The summed E-state index contributed by atoms with van der Waals surface area (Å²) in [6, 6.07) is 13.6. The molecule has 5 nitrogen and oxygen atoms in total. The number of nitrogens with one attached hydrogen (secondary N) is 1. The molecule has 1 aliphatic heterocycles. The average molecular weight is 441 g/mol. The van der Waals surface area contributed by atoms with Gasteiger partial charge in [0.1, 0.15) is 5.82 Å². The first-order valence-electron chi connectivity index (χ1n) is 10.5. The SMILES string of the molecule is O=C(Nc1ccc2sccc2c1)OCCCN1CCC(C(=O)c2ccc(F)cc2)CC1. The first-order valence-corrected chi connectivity index (χ1v) is 11.4. The van der Waals surface area contributed by atoms with E-state index in [1.807, 2.05) is 29.6 Å². The summed E-state index contributed by atoms with van der Waals surface area (Å²) in [5.74, 6) is -0.240. The molecule has 0 unspecified atom stereocenters. The molecular formula is C24H25FN2O3S. The van der Waals surface area contributed by atoms with E-state index in [1.54, 1.807) is 23.5 Å². The van der Waals surface area contributed by atoms with Crippen molar-refractivity contribution in [3.05, 3.63) is 65.3 Å².